The van der Waals surface area contributed by atoms with Gasteiger partial charge in [-0.3, -0.25) is 0 Å². The highest BCUT2D eigenvalue weighted by Crippen LogP contribution is 2.37. The third kappa shape index (κ3) is 1.48. The summed E-state index contributed by atoms with van der Waals surface area (Å²) in [5, 5.41) is 3.74. The highest BCUT2D eigenvalue weighted by atomic mass is 35.5. The number of halogens is 2. The Labute approximate surface area is 96.2 Å². The Kier molecular flexibility index (Phi) is 2.86. The van der Waals surface area contributed by atoms with E-state index >= 15 is 0 Å². The van der Waals surface area contributed by atoms with Crippen LogP contribution in [-0.4, -0.2) is 7.11 Å². The lowest BCUT2D eigenvalue weighted by Gasteiger charge is -2.06. The predicted molar refractivity (Wildman–Crippen MR) is 62.9 cm³/mol. The highest BCUT2D eigenvalue weighted by molar-refractivity contribution is 7.18. The summed E-state index contributed by atoms with van der Waals surface area (Å²) in [6, 6.07) is 3.86. The van der Waals surface area contributed by atoms with Crippen molar-refractivity contribution < 1.29 is 4.74 Å². The van der Waals surface area contributed by atoms with Gasteiger partial charge in [0.05, 0.1) is 18.0 Å². The van der Waals surface area contributed by atoms with Gasteiger partial charge in [0.2, 0.25) is 0 Å². The van der Waals surface area contributed by atoms with Crippen molar-refractivity contribution >= 4 is 44.6 Å². The molecule has 1 heterocycles. The van der Waals surface area contributed by atoms with E-state index in [1.165, 1.54) is 0 Å². The van der Waals surface area contributed by atoms with Crippen LogP contribution in [0.25, 0.3) is 10.1 Å². The second-order valence-electron chi connectivity index (χ2n) is 2.84. The van der Waals surface area contributed by atoms with Gasteiger partial charge in [-0.05, 0) is 12.1 Å². The molecule has 1 nitrogen and oxygen atoms in total. The molecule has 0 radical (unpaired) electrons. The van der Waals surface area contributed by atoms with Crippen molar-refractivity contribution in [1.82, 2.24) is 0 Å². The number of ether oxygens (including phenoxy) is 1. The van der Waals surface area contributed by atoms with Gasteiger partial charge in [-0.15, -0.1) is 22.9 Å². The fraction of sp³-hybridized carbons (Fsp3) is 0.200. The third-order valence-electron chi connectivity index (χ3n) is 2.11. The maximum absolute atomic E-state index is 6.02. The molecule has 0 atom stereocenters. The van der Waals surface area contributed by atoms with Crippen LogP contribution in [0.3, 0.4) is 0 Å². The maximum atomic E-state index is 6.02. The summed E-state index contributed by atoms with van der Waals surface area (Å²) in [4.78, 5) is 0. The molecular weight excluding hydrogens is 239 g/mol. The van der Waals surface area contributed by atoms with E-state index in [0.717, 1.165) is 26.4 Å². The standard InChI is InChI=1S/C10H8Cl2OS/c1-13-9-3-2-6-8(12)5-14-10(6)7(9)4-11/h2-3,5H,4H2,1H3. The lowest BCUT2D eigenvalue weighted by Crippen LogP contribution is -1.88. The summed E-state index contributed by atoms with van der Waals surface area (Å²) in [5.74, 6) is 1.27. The number of thiophene rings is 1. The first-order valence-electron chi connectivity index (χ1n) is 4.06. The molecule has 0 bridgehead atoms. The largest absolute Gasteiger partial charge is 0.496 e. The summed E-state index contributed by atoms with van der Waals surface area (Å²) in [7, 11) is 1.65. The summed E-state index contributed by atoms with van der Waals surface area (Å²) >= 11 is 13.5. The SMILES string of the molecule is COc1ccc2c(Cl)csc2c1CCl. The van der Waals surface area contributed by atoms with Gasteiger partial charge in [0, 0.05) is 21.0 Å². The van der Waals surface area contributed by atoms with Gasteiger partial charge >= 0.3 is 0 Å². The van der Waals surface area contributed by atoms with E-state index < -0.39 is 0 Å². The van der Waals surface area contributed by atoms with Crippen LogP contribution in [-0.2, 0) is 5.88 Å². The molecule has 0 saturated heterocycles. The molecule has 0 amide bonds. The van der Waals surface area contributed by atoms with E-state index in [1.807, 2.05) is 17.5 Å². The van der Waals surface area contributed by atoms with Crippen LogP contribution < -0.4 is 4.74 Å². The smallest absolute Gasteiger partial charge is 0.124 e. The molecule has 4 heteroatoms. The molecule has 2 rings (SSSR count). The number of fused-ring (bicyclic) bond motifs is 1. The number of hydrogen-bond donors (Lipinski definition) is 0. The molecule has 0 unspecified atom stereocenters. The molecule has 0 saturated carbocycles. The van der Waals surface area contributed by atoms with Crippen LogP contribution in [0.5, 0.6) is 5.75 Å². The Bertz CT molecular complexity index is 464. The fourth-order valence-corrected chi connectivity index (χ4v) is 3.08. The molecule has 0 aliphatic rings. The molecule has 0 N–H and O–H groups in total. The number of rotatable bonds is 2. The van der Waals surface area contributed by atoms with Crippen molar-refractivity contribution in [3.8, 4) is 5.75 Å². The van der Waals surface area contributed by atoms with E-state index in [-0.39, 0.29) is 0 Å². The minimum Gasteiger partial charge on any atom is -0.496 e. The monoisotopic (exact) mass is 246 g/mol. The van der Waals surface area contributed by atoms with Crippen molar-refractivity contribution in [1.29, 1.82) is 0 Å². The molecule has 1 aromatic carbocycles. The second kappa shape index (κ2) is 3.97. The zero-order valence-electron chi connectivity index (χ0n) is 7.51. The Balaban J connectivity index is 2.77. The van der Waals surface area contributed by atoms with Gasteiger partial charge in [-0.2, -0.15) is 0 Å². The second-order valence-corrected chi connectivity index (χ2v) is 4.39. The lowest BCUT2D eigenvalue weighted by molar-refractivity contribution is 0.412. The minimum absolute atomic E-state index is 0.442. The molecular formula is C10H8Cl2OS. The van der Waals surface area contributed by atoms with E-state index in [0.29, 0.717) is 5.88 Å². The van der Waals surface area contributed by atoms with Crippen molar-refractivity contribution in [3.63, 3.8) is 0 Å². The zero-order chi connectivity index (χ0) is 10.1. The van der Waals surface area contributed by atoms with Crippen LogP contribution in [0, 0.1) is 0 Å². The van der Waals surface area contributed by atoms with Gasteiger partial charge in [0.1, 0.15) is 5.75 Å². The maximum Gasteiger partial charge on any atom is 0.124 e. The molecule has 0 fully saturated rings. The van der Waals surface area contributed by atoms with Crippen LogP contribution in [0.2, 0.25) is 5.02 Å². The van der Waals surface area contributed by atoms with E-state index in [2.05, 4.69) is 0 Å². The molecule has 0 aliphatic heterocycles. The van der Waals surface area contributed by atoms with Crippen molar-refractivity contribution in [3.05, 3.63) is 28.1 Å². The van der Waals surface area contributed by atoms with E-state index in [4.69, 9.17) is 27.9 Å². The van der Waals surface area contributed by atoms with Gasteiger partial charge in [0.25, 0.3) is 0 Å². The summed E-state index contributed by atoms with van der Waals surface area (Å²) in [5.41, 5.74) is 1.02. The average Bonchev–Trinajstić information content (AvgIpc) is 2.59. The van der Waals surface area contributed by atoms with Crippen LogP contribution in [0.15, 0.2) is 17.5 Å². The summed E-state index contributed by atoms with van der Waals surface area (Å²) in [6.07, 6.45) is 0. The van der Waals surface area contributed by atoms with E-state index in [9.17, 15) is 0 Å². The Morgan fingerprint density at radius 3 is 2.86 bits per heavy atom. The molecule has 1 aromatic heterocycles. The van der Waals surface area contributed by atoms with Gasteiger partial charge < -0.3 is 4.74 Å². The summed E-state index contributed by atoms with van der Waals surface area (Å²) in [6.45, 7) is 0. The predicted octanol–water partition coefficient (Wildman–Crippen LogP) is 4.30. The molecule has 74 valence electrons. The van der Waals surface area contributed by atoms with Crippen LogP contribution >= 0.6 is 34.5 Å². The first-order valence-corrected chi connectivity index (χ1v) is 5.85. The van der Waals surface area contributed by atoms with Gasteiger partial charge in [0.15, 0.2) is 0 Å². The lowest BCUT2D eigenvalue weighted by atomic mass is 10.1. The molecule has 14 heavy (non-hydrogen) atoms. The van der Waals surface area contributed by atoms with Crippen LogP contribution in [0.4, 0.5) is 0 Å². The topological polar surface area (TPSA) is 9.23 Å². The first kappa shape index (κ1) is 10.1. The van der Waals surface area contributed by atoms with E-state index in [1.54, 1.807) is 18.4 Å². The normalized spacial score (nSPS) is 10.8. The number of alkyl halides is 1. The molecule has 0 aliphatic carbocycles. The quantitative estimate of drug-likeness (QED) is 0.719. The summed E-state index contributed by atoms with van der Waals surface area (Å²) < 4.78 is 6.35. The average molecular weight is 247 g/mol. The van der Waals surface area contributed by atoms with Crippen molar-refractivity contribution in [2.75, 3.05) is 7.11 Å². The fourth-order valence-electron chi connectivity index (χ4n) is 1.42. The molecule has 0 spiro atoms. The third-order valence-corrected chi connectivity index (χ3v) is 3.87. The number of methoxy groups -OCH3 is 1. The number of hydrogen-bond acceptors (Lipinski definition) is 2. The Morgan fingerprint density at radius 2 is 2.21 bits per heavy atom. The Morgan fingerprint density at radius 1 is 1.43 bits per heavy atom. The zero-order valence-corrected chi connectivity index (χ0v) is 9.84. The molecule has 2 aromatic rings. The highest BCUT2D eigenvalue weighted by Gasteiger charge is 2.10. The number of benzene rings is 1. The first-order chi connectivity index (χ1) is 6.77. The van der Waals surface area contributed by atoms with Crippen LogP contribution in [0.1, 0.15) is 5.56 Å². The van der Waals surface area contributed by atoms with Crippen molar-refractivity contribution in [2.45, 2.75) is 5.88 Å². The van der Waals surface area contributed by atoms with Gasteiger partial charge in [-0.25, -0.2) is 0 Å². The van der Waals surface area contributed by atoms with Gasteiger partial charge in [-0.1, -0.05) is 11.6 Å². The van der Waals surface area contributed by atoms with Crippen molar-refractivity contribution in [2.24, 2.45) is 0 Å². The Hall–Kier alpha value is -0.440. The minimum atomic E-state index is 0.442.